The number of imide groups is 1. The monoisotopic (exact) mass is 332 g/mol. The summed E-state index contributed by atoms with van der Waals surface area (Å²) in [5.41, 5.74) is 2.34. The molecule has 3 N–H and O–H groups in total. The highest BCUT2D eigenvalue weighted by Crippen LogP contribution is 2.15. The molecule has 8 heteroatoms. The second-order valence-electron chi connectivity index (χ2n) is 4.85. The number of nitrogens with one attached hydrogen (secondary N) is 3. The fraction of sp³-hybridized carbons (Fsp3) is 0.200. The summed E-state index contributed by atoms with van der Waals surface area (Å²) in [6, 6.07) is 6.27. The van der Waals surface area contributed by atoms with E-state index >= 15 is 0 Å². The van der Waals surface area contributed by atoms with Crippen LogP contribution in [0, 0.1) is 13.8 Å². The van der Waals surface area contributed by atoms with Gasteiger partial charge in [-0.3, -0.25) is 14.9 Å². The van der Waals surface area contributed by atoms with Gasteiger partial charge in [0, 0.05) is 18.0 Å². The lowest BCUT2D eigenvalue weighted by Gasteiger charge is -2.09. The van der Waals surface area contributed by atoms with Crippen molar-refractivity contribution >= 4 is 29.4 Å². The number of amides is 3. The molecule has 0 saturated heterocycles. The summed E-state index contributed by atoms with van der Waals surface area (Å²) in [5.74, 6) is -0.517. The van der Waals surface area contributed by atoms with Gasteiger partial charge in [0.15, 0.2) is 5.16 Å². The van der Waals surface area contributed by atoms with Crippen molar-refractivity contribution in [1.29, 1.82) is 0 Å². The third-order valence-corrected chi connectivity index (χ3v) is 3.76. The summed E-state index contributed by atoms with van der Waals surface area (Å²) in [4.78, 5) is 41.0. The first-order chi connectivity index (χ1) is 10.9. The Morgan fingerprint density at radius 2 is 2.04 bits per heavy atom. The lowest BCUT2D eigenvalue weighted by molar-refractivity contribution is -0.117. The molecule has 0 aliphatic rings. The number of urea groups is 1. The SMILES string of the molecule is Cc1ccc(NC(=O)NC(=O)CSc2nccc(=O)[nH]2)c(C)c1. The molecule has 0 radical (unpaired) electrons. The number of carbonyl (C=O) groups excluding carboxylic acids is 2. The fourth-order valence-electron chi connectivity index (χ4n) is 1.83. The van der Waals surface area contributed by atoms with Crippen LogP contribution in [0.5, 0.6) is 0 Å². The summed E-state index contributed by atoms with van der Waals surface area (Å²) >= 11 is 1.04. The maximum atomic E-state index is 11.8. The number of benzene rings is 1. The molecule has 0 bridgehead atoms. The molecule has 1 heterocycles. The number of rotatable bonds is 4. The molecule has 0 saturated carbocycles. The highest BCUT2D eigenvalue weighted by Gasteiger charge is 2.10. The molecule has 0 spiro atoms. The molecule has 0 fully saturated rings. The van der Waals surface area contributed by atoms with E-state index in [9.17, 15) is 14.4 Å². The Kier molecular flexibility index (Phi) is 5.53. The van der Waals surface area contributed by atoms with Crippen LogP contribution >= 0.6 is 11.8 Å². The highest BCUT2D eigenvalue weighted by atomic mass is 32.2. The first-order valence-corrected chi connectivity index (χ1v) is 7.79. The summed E-state index contributed by atoms with van der Waals surface area (Å²) in [6.07, 6.45) is 1.35. The number of aromatic nitrogens is 2. The standard InChI is InChI=1S/C15H16N4O3S/c1-9-3-4-11(10(2)7-9)17-14(22)18-13(21)8-23-15-16-6-5-12(20)19-15/h3-7H,8H2,1-2H3,(H,16,19,20)(H2,17,18,21,22). The van der Waals surface area contributed by atoms with Crippen molar-refractivity contribution < 1.29 is 9.59 Å². The minimum Gasteiger partial charge on any atom is -0.307 e. The summed E-state index contributed by atoms with van der Waals surface area (Å²) in [6.45, 7) is 3.83. The molecule has 0 aliphatic heterocycles. The molecular formula is C15H16N4O3S. The Hall–Kier alpha value is -2.61. The molecule has 23 heavy (non-hydrogen) atoms. The van der Waals surface area contributed by atoms with Crippen LogP contribution in [0.4, 0.5) is 10.5 Å². The van der Waals surface area contributed by atoms with E-state index in [2.05, 4.69) is 20.6 Å². The third-order valence-electron chi connectivity index (χ3n) is 2.87. The van der Waals surface area contributed by atoms with Gasteiger partial charge in [0.2, 0.25) is 5.91 Å². The van der Waals surface area contributed by atoms with Gasteiger partial charge in [-0.2, -0.15) is 0 Å². The zero-order valence-electron chi connectivity index (χ0n) is 12.7. The van der Waals surface area contributed by atoms with Crippen LogP contribution < -0.4 is 16.2 Å². The van der Waals surface area contributed by atoms with Gasteiger partial charge in [-0.15, -0.1) is 0 Å². The third kappa shape index (κ3) is 5.26. The number of H-pyrrole nitrogens is 1. The number of hydrogen-bond donors (Lipinski definition) is 3. The first kappa shape index (κ1) is 16.8. The van der Waals surface area contributed by atoms with Crippen molar-refractivity contribution in [2.24, 2.45) is 0 Å². The Labute approximate surface area is 136 Å². The molecule has 0 atom stereocenters. The van der Waals surface area contributed by atoms with Gasteiger partial charge in [0.05, 0.1) is 5.75 Å². The van der Waals surface area contributed by atoms with Crippen molar-refractivity contribution in [2.75, 3.05) is 11.1 Å². The van der Waals surface area contributed by atoms with Gasteiger partial charge in [0.25, 0.3) is 5.56 Å². The maximum absolute atomic E-state index is 11.8. The van der Waals surface area contributed by atoms with Crippen molar-refractivity contribution in [3.63, 3.8) is 0 Å². The van der Waals surface area contributed by atoms with Crippen LogP contribution in [0.1, 0.15) is 11.1 Å². The van der Waals surface area contributed by atoms with E-state index in [0.29, 0.717) is 10.8 Å². The van der Waals surface area contributed by atoms with Crippen molar-refractivity contribution in [2.45, 2.75) is 19.0 Å². The number of aryl methyl sites for hydroxylation is 2. The molecule has 1 aromatic carbocycles. The maximum Gasteiger partial charge on any atom is 0.325 e. The van der Waals surface area contributed by atoms with Crippen LogP contribution in [0.3, 0.4) is 0 Å². The molecule has 1 aromatic heterocycles. The average molecular weight is 332 g/mol. The van der Waals surface area contributed by atoms with Crippen LogP contribution in [-0.2, 0) is 4.79 Å². The number of nitrogens with zero attached hydrogens (tertiary/aromatic N) is 1. The molecular weight excluding hydrogens is 316 g/mol. The minimum absolute atomic E-state index is 0.0345. The lowest BCUT2D eigenvalue weighted by Crippen LogP contribution is -2.35. The Morgan fingerprint density at radius 3 is 2.74 bits per heavy atom. The van der Waals surface area contributed by atoms with Gasteiger partial charge in [-0.1, -0.05) is 29.5 Å². The van der Waals surface area contributed by atoms with E-state index in [0.717, 1.165) is 22.9 Å². The molecule has 0 unspecified atom stereocenters. The molecule has 120 valence electrons. The second-order valence-corrected chi connectivity index (χ2v) is 5.81. The summed E-state index contributed by atoms with van der Waals surface area (Å²) in [7, 11) is 0. The zero-order valence-corrected chi connectivity index (χ0v) is 13.5. The fourth-order valence-corrected chi connectivity index (χ4v) is 2.48. The second kappa shape index (κ2) is 7.59. The van der Waals surface area contributed by atoms with Crippen molar-refractivity contribution in [1.82, 2.24) is 15.3 Å². The molecule has 3 amide bonds. The van der Waals surface area contributed by atoms with E-state index in [1.54, 1.807) is 6.07 Å². The van der Waals surface area contributed by atoms with Gasteiger partial charge in [0.1, 0.15) is 0 Å². The van der Waals surface area contributed by atoms with Gasteiger partial charge in [-0.25, -0.2) is 9.78 Å². The van der Waals surface area contributed by atoms with Crippen LogP contribution in [0.25, 0.3) is 0 Å². The van der Waals surface area contributed by atoms with E-state index in [1.807, 2.05) is 26.0 Å². The molecule has 2 aromatic rings. The van der Waals surface area contributed by atoms with E-state index in [1.165, 1.54) is 12.3 Å². The first-order valence-electron chi connectivity index (χ1n) is 6.80. The minimum atomic E-state index is -0.600. The van der Waals surface area contributed by atoms with Gasteiger partial charge >= 0.3 is 6.03 Å². The van der Waals surface area contributed by atoms with Gasteiger partial charge in [-0.05, 0) is 25.5 Å². The number of hydrogen-bond acceptors (Lipinski definition) is 5. The topological polar surface area (TPSA) is 104 Å². The van der Waals surface area contributed by atoms with Crippen LogP contribution in [0.2, 0.25) is 0 Å². The largest absolute Gasteiger partial charge is 0.325 e. The Morgan fingerprint density at radius 1 is 1.26 bits per heavy atom. The predicted octanol–water partition coefficient (Wildman–Crippen LogP) is 1.83. The Balaban J connectivity index is 1.85. The molecule has 2 rings (SSSR count). The van der Waals surface area contributed by atoms with Crippen LogP contribution in [-0.4, -0.2) is 27.7 Å². The van der Waals surface area contributed by atoms with Gasteiger partial charge < -0.3 is 10.3 Å². The predicted molar refractivity (Wildman–Crippen MR) is 88.7 cm³/mol. The van der Waals surface area contributed by atoms with E-state index < -0.39 is 11.9 Å². The average Bonchev–Trinajstić information content (AvgIpc) is 2.48. The molecule has 7 nitrogen and oxygen atoms in total. The Bertz CT molecular complexity index is 788. The number of thioether (sulfide) groups is 1. The lowest BCUT2D eigenvalue weighted by atomic mass is 10.1. The quantitative estimate of drug-likeness (QED) is 0.585. The molecule has 0 aliphatic carbocycles. The van der Waals surface area contributed by atoms with E-state index in [-0.39, 0.29) is 11.3 Å². The van der Waals surface area contributed by atoms with E-state index in [4.69, 9.17) is 0 Å². The summed E-state index contributed by atoms with van der Waals surface area (Å²) < 4.78 is 0. The number of aromatic amines is 1. The van der Waals surface area contributed by atoms with Crippen molar-refractivity contribution in [3.8, 4) is 0 Å². The highest BCUT2D eigenvalue weighted by molar-refractivity contribution is 7.99. The smallest absolute Gasteiger partial charge is 0.307 e. The number of anilines is 1. The van der Waals surface area contributed by atoms with Crippen LogP contribution in [0.15, 0.2) is 40.4 Å². The normalized spacial score (nSPS) is 10.2. The zero-order chi connectivity index (χ0) is 16.8. The van der Waals surface area contributed by atoms with Crippen molar-refractivity contribution in [3.05, 3.63) is 51.9 Å². The number of carbonyl (C=O) groups is 2. The summed E-state index contributed by atoms with van der Waals surface area (Å²) in [5, 5.41) is 5.17.